The number of rotatable bonds is 6. The highest BCUT2D eigenvalue weighted by Gasteiger charge is 2.20. The van der Waals surface area contributed by atoms with E-state index in [4.69, 9.17) is 9.73 Å². The Morgan fingerprint density at radius 1 is 1.17 bits per heavy atom. The molecule has 1 N–H and O–H groups in total. The van der Waals surface area contributed by atoms with Crippen LogP contribution in [0.2, 0.25) is 0 Å². The number of ether oxygens (including phenoxy) is 1. The zero-order valence-electron chi connectivity index (χ0n) is 17.8. The third-order valence-corrected chi connectivity index (χ3v) is 5.09. The Morgan fingerprint density at radius 3 is 2.55 bits per heavy atom. The lowest BCUT2D eigenvalue weighted by Crippen LogP contribution is -2.53. The minimum Gasteiger partial charge on any atom is -0.383 e. The maximum absolute atomic E-state index is 5.18. The molecule has 9 heteroatoms. The summed E-state index contributed by atoms with van der Waals surface area (Å²) >= 11 is 0. The van der Waals surface area contributed by atoms with Crippen LogP contribution in [0, 0.1) is 13.8 Å². The number of piperazine rings is 1. The second-order valence-corrected chi connectivity index (χ2v) is 7.09. The van der Waals surface area contributed by atoms with Gasteiger partial charge >= 0.3 is 0 Å². The molecule has 1 aliphatic heterocycles. The molecule has 1 aliphatic rings. The summed E-state index contributed by atoms with van der Waals surface area (Å²) in [7, 11) is 3.68. The quantitative estimate of drug-likeness (QED) is 0.276. The smallest absolute Gasteiger partial charge is 0.194 e. The molecule has 8 nitrogen and oxygen atoms in total. The van der Waals surface area contributed by atoms with Gasteiger partial charge in [-0.05, 0) is 31.5 Å². The van der Waals surface area contributed by atoms with E-state index in [0.29, 0.717) is 13.2 Å². The zero-order chi connectivity index (χ0) is 19.9. The first-order chi connectivity index (χ1) is 13.6. The molecule has 1 saturated heterocycles. The average molecular weight is 513 g/mol. The maximum Gasteiger partial charge on any atom is 0.194 e. The minimum atomic E-state index is 0. The molecule has 0 spiro atoms. The topological polar surface area (TPSA) is 70.8 Å². The molecule has 1 fully saturated rings. The SMILES string of the molecule is COCCNC(=NCc1nnc(C)n1C)N1CCN(c2cccc(C)c2)CC1.I. The fourth-order valence-corrected chi connectivity index (χ4v) is 3.27. The van der Waals surface area contributed by atoms with Crippen LogP contribution in [0.1, 0.15) is 17.2 Å². The Balaban J connectivity index is 0.00000300. The van der Waals surface area contributed by atoms with E-state index in [1.807, 2.05) is 18.5 Å². The van der Waals surface area contributed by atoms with E-state index >= 15 is 0 Å². The number of nitrogens with one attached hydrogen (secondary N) is 1. The third-order valence-electron chi connectivity index (χ3n) is 5.09. The van der Waals surface area contributed by atoms with Crippen LogP contribution in [0.3, 0.4) is 0 Å². The molecule has 160 valence electrons. The van der Waals surface area contributed by atoms with Crippen molar-refractivity contribution in [1.29, 1.82) is 0 Å². The lowest BCUT2D eigenvalue weighted by Gasteiger charge is -2.38. The highest BCUT2D eigenvalue weighted by Crippen LogP contribution is 2.18. The number of hydrogen-bond donors (Lipinski definition) is 1. The van der Waals surface area contributed by atoms with Gasteiger partial charge in [-0.15, -0.1) is 34.2 Å². The van der Waals surface area contributed by atoms with Crippen molar-refractivity contribution in [3.05, 3.63) is 41.5 Å². The normalized spacial score (nSPS) is 14.7. The molecule has 0 amide bonds. The van der Waals surface area contributed by atoms with Crippen molar-refractivity contribution >= 4 is 35.6 Å². The number of halogens is 1. The number of aromatic nitrogens is 3. The van der Waals surface area contributed by atoms with Crippen LogP contribution < -0.4 is 10.2 Å². The van der Waals surface area contributed by atoms with Crippen LogP contribution in [0.15, 0.2) is 29.3 Å². The number of nitrogens with zero attached hydrogens (tertiary/aromatic N) is 6. The minimum absolute atomic E-state index is 0. The van der Waals surface area contributed by atoms with Crippen LogP contribution in [-0.2, 0) is 18.3 Å². The van der Waals surface area contributed by atoms with Gasteiger partial charge in [0.1, 0.15) is 12.4 Å². The van der Waals surface area contributed by atoms with Gasteiger partial charge in [-0.1, -0.05) is 12.1 Å². The Labute approximate surface area is 190 Å². The fraction of sp³-hybridized carbons (Fsp3) is 0.550. The Kier molecular flexibility index (Phi) is 9.15. The summed E-state index contributed by atoms with van der Waals surface area (Å²) in [6.45, 7) is 9.74. The number of benzene rings is 1. The fourth-order valence-electron chi connectivity index (χ4n) is 3.27. The summed E-state index contributed by atoms with van der Waals surface area (Å²) in [6.07, 6.45) is 0. The monoisotopic (exact) mass is 513 g/mol. The van der Waals surface area contributed by atoms with Crippen molar-refractivity contribution in [3.63, 3.8) is 0 Å². The second-order valence-electron chi connectivity index (χ2n) is 7.09. The van der Waals surface area contributed by atoms with Gasteiger partial charge < -0.3 is 24.4 Å². The van der Waals surface area contributed by atoms with Gasteiger partial charge in [-0.3, -0.25) is 0 Å². The standard InChI is InChI=1S/C20H31N7O.HI/c1-16-6-5-7-18(14-16)26-9-11-27(12-10-26)20(21-8-13-28-4)22-15-19-24-23-17(2)25(19)3;/h5-7,14H,8-13,15H2,1-4H3,(H,21,22);1H. The number of anilines is 1. The molecule has 0 bridgehead atoms. The number of hydrogen-bond acceptors (Lipinski definition) is 5. The van der Waals surface area contributed by atoms with E-state index in [2.05, 4.69) is 56.5 Å². The van der Waals surface area contributed by atoms with Crippen molar-refractivity contribution in [2.75, 3.05) is 51.3 Å². The Morgan fingerprint density at radius 2 is 1.93 bits per heavy atom. The molecule has 0 unspecified atom stereocenters. The second kappa shape index (κ2) is 11.3. The van der Waals surface area contributed by atoms with E-state index in [-0.39, 0.29) is 24.0 Å². The molecule has 0 aliphatic carbocycles. The van der Waals surface area contributed by atoms with Crippen LogP contribution in [0.4, 0.5) is 5.69 Å². The molecule has 29 heavy (non-hydrogen) atoms. The zero-order valence-corrected chi connectivity index (χ0v) is 20.1. The Hall–Kier alpha value is -1.88. The van der Waals surface area contributed by atoms with Crippen LogP contribution >= 0.6 is 24.0 Å². The van der Waals surface area contributed by atoms with E-state index in [1.54, 1.807) is 7.11 Å². The summed E-state index contributed by atoms with van der Waals surface area (Å²) in [5.41, 5.74) is 2.59. The first-order valence-electron chi connectivity index (χ1n) is 9.77. The lowest BCUT2D eigenvalue weighted by molar-refractivity contribution is 0.202. The van der Waals surface area contributed by atoms with Gasteiger partial charge in [-0.2, -0.15) is 0 Å². The van der Waals surface area contributed by atoms with Gasteiger partial charge in [0.25, 0.3) is 0 Å². The summed E-state index contributed by atoms with van der Waals surface area (Å²) in [4.78, 5) is 9.55. The molecular formula is C20H32IN7O. The number of aryl methyl sites for hydroxylation is 2. The molecule has 0 atom stereocenters. The van der Waals surface area contributed by atoms with Gasteiger partial charge in [-0.25, -0.2) is 4.99 Å². The molecule has 1 aromatic heterocycles. The number of methoxy groups -OCH3 is 1. The Bertz CT molecular complexity index is 800. The first kappa shape index (κ1) is 23.4. The summed E-state index contributed by atoms with van der Waals surface area (Å²) in [5, 5.41) is 11.8. The van der Waals surface area contributed by atoms with E-state index in [9.17, 15) is 0 Å². The molecule has 1 aromatic carbocycles. The summed E-state index contributed by atoms with van der Waals surface area (Å²) < 4.78 is 7.16. The van der Waals surface area contributed by atoms with E-state index < -0.39 is 0 Å². The van der Waals surface area contributed by atoms with Crippen molar-refractivity contribution in [3.8, 4) is 0 Å². The predicted molar refractivity (Wildman–Crippen MR) is 127 cm³/mol. The molecule has 0 saturated carbocycles. The largest absolute Gasteiger partial charge is 0.383 e. The van der Waals surface area contributed by atoms with Gasteiger partial charge in [0.15, 0.2) is 11.8 Å². The van der Waals surface area contributed by atoms with E-state index in [1.165, 1.54) is 11.3 Å². The summed E-state index contributed by atoms with van der Waals surface area (Å²) in [6, 6.07) is 8.69. The van der Waals surface area contributed by atoms with Gasteiger partial charge in [0.05, 0.1) is 6.61 Å². The lowest BCUT2D eigenvalue weighted by atomic mass is 10.2. The van der Waals surface area contributed by atoms with Gasteiger partial charge in [0, 0.05) is 52.6 Å². The average Bonchev–Trinajstić information content (AvgIpc) is 3.03. The van der Waals surface area contributed by atoms with Crippen molar-refractivity contribution in [2.24, 2.45) is 12.0 Å². The van der Waals surface area contributed by atoms with Crippen molar-refractivity contribution < 1.29 is 4.74 Å². The third kappa shape index (κ3) is 6.30. The first-order valence-corrected chi connectivity index (χ1v) is 9.77. The van der Waals surface area contributed by atoms with E-state index in [0.717, 1.165) is 50.3 Å². The maximum atomic E-state index is 5.18. The van der Waals surface area contributed by atoms with Gasteiger partial charge in [0.2, 0.25) is 0 Å². The number of aliphatic imine (C=N–C) groups is 1. The van der Waals surface area contributed by atoms with Crippen LogP contribution in [0.5, 0.6) is 0 Å². The molecule has 2 heterocycles. The molecule has 3 rings (SSSR count). The highest BCUT2D eigenvalue weighted by molar-refractivity contribution is 14.0. The highest BCUT2D eigenvalue weighted by atomic mass is 127. The van der Waals surface area contributed by atoms with Crippen LogP contribution in [-0.4, -0.2) is 72.1 Å². The van der Waals surface area contributed by atoms with Crippen LogP contribution in [0.25, 0.3) is 0 Å². The predicted octanol–water partition coefficient (Wildman–Crippen LogP) is 1.96. The number of guanidine groups is 1. The molecular weight excluding hydrogens is 481 g/mol. The van der Waals surface area contributed by atoms with Crippen molar-refractivity contribution in [2.45, 2.75) is 20.4 Å². The summed E-state index contributed by atoms with van der Waals surface area (Å²) in [5.74, 6) is 2.66. The molecule has 2 aromatic rings. The van der Waals surface area contributed by atoms with Crippen molar-refractivity contribution in [1.82, 2.24) is 25.0 Å². The molecule has 0 radical (unpaired) electrons.